The molecule has 3 aromatic heterocycles. The van der Waals surface area contributed by atoms with Gasteiger partial charge in [-0.3, -0.25) is 0 Å². The minimum Gasteiger partial charge on any atom is -0.415 e. The average molecular weight is 789 g/mol. The Morgan fingerprint density at radius 1 is 0.321 bits per heavy atom. The van der Waals surface area contributed by atoms with E-state index in [0.29, 0.717) is 0 Å². The van der Waals surface area contributed by atoms with Crippen LogP contribution in [0.3, 0.4) is 0 Å². The Labute approximate surface area is 285 Å². The molecule has 0 unspecified atom stereocenters. The van der Waals surface area contributed by atoms with Crippen LogP contribution in [0.1, 0.15) is 17.1 Å². The summed E-state index contributed by atoms with van der Waals surface area (Å²) >= 11 is 0. The Balaban J connectivity index is 0.00000541. The molecule has 277 valence electrons. The maximum atomic E-state index is 15.3. The Morgan fingerprint density at radius 2 is 0.509 bits per heavy atom. The Kier molecular flexibility index (Phi) is 9.04. The van der Waals surface area contributed by atoms with E-state index in [1.807, 2.05) is 0 Å². The zero-order valence-corrected chi connectivity index (χ0v) is 24.2. The fourth-order valence-corrected chi connectivity index (χ4v) is 5.18. The van der Waals surface area contributed by atoms with Crippen molar-refractivity contribution >= 4 is 39.8 Å². The summed E-state index contributed by atoms with van der Waals surface area (Å²) in [5.41, 5.74) is -16.5. The van der Waals surface area contributed by atoms with Gasteiger partial charge in [-0.05, 0) is 0 Å². The SMILES string of the molecule is Fc1c(F)c(F)c2c(c(C(F)(F)F)nn2[B-](n2nc(C(F)(F)F)c3c(F)c(F)c(F)c(F)c32)n2nc(C(F)(F)F)c3c(F)c(F)c(F)c(F)c32)c1F.[Li+]. The third-order valence-electron chi connectivity index (χ3n) is 7.21. The fourth-order valence-electron chi connectivity index (χ4n) is 5.18. The van der Waals surface area contributed by atoms with Gasteiger partial charge in [0.05, 0.1) is 32.7 Å². The summed E-state index contributed by atoms with van der Waals surface area (Å²) in [5.74, 6) is -36.9. The number of alkyl halides is 9. The van der Waals surface area contributed by atoms with Crippen LogP contribution in [0.15, 0.2) is 0 Å². The van der Waals surface area contributed by atoms with Gasteiger partial charge in [-0.2, -0.15) is 39.5 Å². The Bertz CT molecular complexity index is 2250. The van der Waals surface area contributed by atoms with E-state index in [1.54, 1.807) is 0 Å². The van der Waals surface area contributed by atoms with E-state index in [9.17, 15) is 79.0 Å². The molecule has 0 aliphatic carbocycles. The molecule has 0 fully saturated rings. The van der Waals surface area contributed by atoms with Gasteiger partial charge < -0.3 is 13.8 Å². The summed E-state index contributed by atoms with van der Waals surface area (Å²) in [7, 11) is -4.10. The van der Waals surface area contributed by atoms with Gasteiger partial charge in [0.2, 0.25) is 0 Å². The van der Waals surface area contributed by atoms with E-state index in [1.165, 1.54) is 0 Å². The van der Waals surface area contributed by atoms with E-state index in [-0.39, 0.29) is 18.9 Å². The number of benzene rings is 3. The van der Waals surface area contributed by atoms with Crippen LogP contribution in [0, 0.1) is 69.8 Å². The first-order valence-corrected chi connectivity index (χ1v) is 12.7. The Hall–Kier alpha value is -4.74. The molecule has 6 aromatic rings. The molecule has 0 amide bonds. The molecule has 0 spiro atoms. The molecule has 0 saturated heterocycles. The quantitative estimate of drug-likeness (QED) is 0.105. The maximum absolute atomic E-state index is 15.3. The van der Waals surface area contributed by atoms with Gasteiger partial charge >= 0.3 is 37.4 Å². The molecule has 0 N–H and O–H groups in total. The fraction of sp³-hybridized carbons (Fsp3) is 0.125. The third-order valence-corrected chi connectivity index (χ3v) is 7.21. The minimum atomic E-state index is -6.24. The molecule has 53 heavy (non-hydrogen) atoms. The van der Waals surface area contributed by atoms with Crippen molar-refractivity contribution in [3.63, 3.8) is 0 Å². The van der Waals surface area contributed by atoms with Crippen molar-refractivity contribution in [2.45, 2.75) is 18.5 Å². The number of rotatable bonds is 3. The second-order valence-electron chi connectivity index (χ2n) is 10.2. The molecule has 1 radical (unpaired) electrons. The molecular weight excluding hydrogens is 789 g/mol. The molecule has 0 atom stereocenters. The molecule has 29 heteroatoms. The van der Waals surface area contributed by atoms with Crippen LogP contribution in [0.5, 0.6) is 0 Å². The summed E-state index contributed by atoms with van der Waals surface area (Å²) in [6.07, 6.45) is -18.7. The van der Waals surface area contributed by atoms with Gasteiger partial charge in [-0.1, -0.05) is 0 Å². The van der Waals surface area contributed by atoms with Crippen LogP contribution in [0.4, 0.5) is 92.2 Å². The number of fused-ring (bicyclic) bond motifs is 3. The van der Waals surface area contributed by atoms with Crippen LogP contribution < -0.4 is 18.9 Å². The van der Waals surface area contributed by atoms with Crippen LogP contribution in [-0.4, -0.2) is 36.2 Å². The zero-order chi connectivity index (χ0) is 39.1. The molecule has 0 aliphatic rings. The number of aromatic nitrogens is 6. The number of hydrogen-bond donors (Lipinski definition) is 0. The number of nitrogens with zero attached hydrogens (tertiary/aromatic N) is 6. The molecular formula is C24BF21LiN6. The van der Waals surface area contributed by atoms with Crippen molar-refractivity contribution in [1.29, 1.82) is 0 Å². The van der Waals surface area contributed by atoms with E-state index in [2.05, 4.69) is 15.3 Å². The topological polar surface area (TPSA) is 53.5 Å². The van der Waals surface area contributed by atoms with Crippen molar-refractivity contribution in [2.24, 2.45) is 0 Å². The van der Waals surface area contributed by atoms with Gasteiger partial charge in [0.15, 0.2) is 86.9 Å². The molecule has 3 aromatic carbocycles. The van der Waals surface area contributed by atoms with Gasteiger partial charge in [-0.15, -0.1) is 0 Å². The van der Waals surface area contributed by atoms with E-state index in [0.717, 1.165) is 0 Å². The molecule has 0 bridgehead atoms. The smallest absolute Gasteiger partial charge is 0.415 e. The summed E-state index contributed by atoms with van der Waals surface area (Å²) in [6.45, 7) is 0. The van der Waals surface area contributed by atoms with Gasteiger partial charge in [0.25, 0.3) is 7.12 Å². The molecule has 3 heterocycles. The van der Waals surface area contributed by atoms with E-state index >= 15 is 13.2 Å². The normalized spacial score (nSPS) is 13.0. The molecule has 0 aliphatic heterocycles. The van der Waals surface area contributed by atoms with Gasteiger partial charge in [0, 0.05) is 0 Å². The maximum Gasteiger partial charge on any atom is 1.00 e. The van der Waals surface area contributed by atoms with Crippen molar-refractivity contribution in [3.8, 4) is 0 Å². The molecule has 0 saturated carbocycles. The first-order valence-electron chi connectivity index (χ1n) is 12.7. The minimum absolute atomic E-state index is 0. The van der Waals surface area contributed by atoms with Gasteiger partial charge in [0.1, 0.15) is 0 Å². The summed E-state index contributed by atoms with van der Waals surface area (Å²) < 4.78 is 300. The second-order valence-corrected chi connectivity index (χ2v) is 10.2. The van der Waals surface area contributed by atoms with Crippen LogP contribution >= 0.6 is 0 Å². The van der Waals surface area contributed by atoms with E-state index < -0.39 is 159 Å². The first-order chi connectivity index (χ1) is 23.7. The number of halogens is 21. The van der Waals surface area contributed by atoms with Crippen LogP contribution in [0.25, 0.3) is 32.7 Å². The predicted molar refractivity (Wildman–Crippen MR) is 126 cm³/mol. The van der Waals surface area contributed by atoms with Crippen molar-refractivity contribution < 1.29 is 111 Å². The summed E-state index contributed by atoms with van der Waals surface area (Å²) in [6, 6.07) is 0. The monoisotopic (exact) mass is 789 g/mol. The third kappa shape index (κ3) is 5.45. The van der Waals surface area contributed by atoms with Crippen molar-refractivity contribution in [3.05, 3.63) is 86.9 Å². The van der Waals surface area contributed by atoms with Crippen LogP contribution in [-0.2, 0) is 18.5 Å². The second kappa shape index (κ2) is 12.1. The first kappa shape index (κ1) is 39.5. The average Bonchev–Trinajstić information content (AvgIpc) is 3.76. The Morgan fingerprint density at radius 3 is 0.698 bits per heavy atom. The zero-order valence-electron chi connectivity index (χ0n) is 24.2. The summed E-state index contributed by atoms with van der Waals surface area (Å²) in [4.78, 5) is 0. The van der Waals surface area contributed by atoms with Gasteiger partial charge in [-0.25, -0.2) is 68.0 Å². The molecule has 6 nitrogen and oxygen atoms in total. The van der Waals surface area contributed by atoms with Crippen molar-refractivity contribution in [2.75, 3.05) is 0 Å². The number of hydrogen-bond acceptors (Lipinski definition) is 3. The standard InChI is InChI=1S/C24BF21N6.Li/c26-4-1-16(13(35)10(32)7(4)29)50(47-19(1)22(38,39)40)25(51-17-2(20(48-51)23(41,42)43)5(27)8(30)11(33)14(17)36)52-18-3(21(49-52)24(44,45)46)6(28)9(31)12(34)15(18)37;/q-1;+1. The van der Waals surface area contributed by atoms with Crippen molar-refractivity contribution in [1.82, 2.24) is 29.1 Å². The van der Waals surface area contributed by atoms with E-state index in [4.69, 9.17) is 0 Å². The molecule has 6 rings (SSSR count). The predicted octanol–water partition coefficient (Wildman–Crippen LogP) is 5.39. The van der Waals surface area contributed by atoms with Crippen LogP contribution in [0.2, 0.25) is 0 Å². The largest absolute Gasteiger partial charge is 1.00 e. The summed E-state index contributed by atoms with van der Waals surface area (Å²) in [5, 5.41) is -0.292.